The van der Waals surface area contributed by atoms with Gasteiger partial charge in [0.05, 0.1) is 33.9 Å². The van der Waals surface area contributed by atoms with Crippen LogP contribution in [0.3, 0.4) is 0 Å². The molecular weight excluding hydrogens is 814 g/mol. The van der Waals surface area contributed by atoms with E-state index in [1.54, 1.807) is 12.2 Å². The van der Waals surface area contributed by atoms with Crippen LogP contribution in [0.2, 0.25) is 0 Å². The number of phosphoric acid groups is 1. The molecule has 0 rings (SSSR count). The zero-order valence-corrected chi connectivity index (χ0v) is 41.2. The van der Waals surface area contributed by atoms with Crippen molar-refractivity contribution in [3.8, 4) is 0 Å². The predicted octanol–water partition coefficient (Wildman–Crippen LogP) is 12.7. The van der Waals surface area contributed by atoms with Gasteiger partial charge in [-0.15, -0.1) is 0 Å². The third-order valence-corrected chi connectivity index (χ3v) is 11.0. The van der Waals surface area contributed by atoms with Crippen molar-refractivity contribution in [1.82, 2.24) is 0 Å². The highest BCUT2D eigenvalue weighted by Crippen LogP contribution is 2.38. The van der Waals surface area contributed by atoms with Gasteiger partial charge in [0.25, 0.3) is 7.82 Å². The fraction of sp³-hybridized carbons (Fsp3) is 0.692. The number of ether oxygens (including phenoxy) is 2. The highest BCUT2D eigenvalue weighted by Gasteiger charge is 2.22. The number of nitrogens with zero attached hydrogens (tertiary/aromatic N) is 1. The molecule has 0 spiro atoms. The molecule has 0 aliphatic carbocycles. The second-order valence-corrected chi connectivity index (χ2v) is 18.7. The van der Waals surface area contributed by atoms with Gasteiger partial charge in [0.2, 0.25) is 0 Å². The molecule has 10 nitrogen and oxygen atoms in total. The summed E-state index contributed by atoms with van der Waals surface area (Å²) in [5.41, 5.74) is 0. The van der Waals surface area contributed by atoms with E-state index in [0.717, 1.165) is 51.4 Å². The summed E-state index contributed by atoms with van der Waals surface area (Å²) in [6, 6.07) is 0. The minimum absolute atomic E-state index is 0.0709. The summed E-state index contributed by atoms with van der Waals surface area (Å²) in [7, 11) is 1.03. The number of aliphatic hydroxyl groups excluding tert-OH is 1. The Morgan fingerprint density at radius 3 is 1.65 bits per heavy atom. The van der Waals surface area contributed by atoms with E-state index in [-0.39, 0.29) is 32.5 Å². The number of likely N-dealkylation sites (N-methyl/N-ethyl adjacent to an activating group) is 1. The van der Waals surface area contributed by atoms with E-state index in [1.807, 2.05) is 33.3 Å². The lowest BCUT2D eigenvalue weighted by Gasteiger charge is -2.28. The van der Waals surface area contributed by atoms with Crippen LogP contribution in [0.1, 0.15) is 174 Å². The summed E-state index contributed by atoms with van der Waals surface area (Å²) >= 11 is 0. The molecular formula is C52H90NO9P. The van der Waals surface area contributed by atoms with Gasteiger partial charge in [-0.05, 0) is 70.6 Å². The molecule has 0 radical (unpaired) electrons. The molecule has 2 unspecified atom stereocenters. The van der Waals surface area contributed by atoms with Gasteiger partial charge in [0.1, 0.15) is 19.8 Å². The molecule has 0 saturated carbocycles. The van der Waals surface area contributed by atoms with E-state index in [1.165, 1.54) is 83.5 Å². The number of hydrogen-bond acceptors (Lipinski definition) is 9. The monoisotopic (exact) mass is 904 g/mol. The Hall–Kier alpha value is -2.85. The maximum absolute atomic E-state index is 12.7. The van der Waals surface area contributed by atoms with Gasteiger partial charge in [-0.1, -0.05) is 176 Å². The first-order chi connectivity index (χ1) is 30.4. The van der Waals surface area contributed by atoms with Crippen molar-refractivity contribution in [3.63, 3.8) is 0 Å². The van der Waals surface area contributed by atoms with E-state index < -0.39 is 38.6 Å². The topological polar surface area (TPSA) is 131 Å². The first-order valence-corrected chi connectivity index (χ1v) is 25.9. The molecule has 0 bridgehead atoms. The zero-order chi connectivity index (χ0) is 46.5. The number of aliphatic hydroxyl groups is 1. The van der Waals surface area contributed by atoms with Crippen LogP contribution in [-0.4, -0.2) is 81.2 Å². The van der Waals surface area contributed by atoms with E-state index in [0.29, 0.717) is 17.4 Å². The molecule has 0 saturated heterocycles. The standard InChI is InChI=1S/C52H90NO9P/c1-6-8-10-12-14-16-18-20-22-24-25-26-28-30-32-34-36-38-40-42-52(56)62-50(48-61-63(57,58)60-46-45-53(3,4)5)47-59-51(55)44-43-49(54)41-39-37-35-33-31-29-27-23-21-19-17-15-13-11-9-7-2/h9,11,15,17,20-23,29,31,35,37,39,41,49-50,54H,6-8,10,12-14,16,18-19,24-28,30,32-34,36,38,40,42-48H2,1-5H3/b11-9-,17-15-,22-20-,23-21-,31-29-,37-35-,41-39-/t49?,50-/m1/s1. The summed E-state index contributed by atoms with van der Waals surface area (Å²) in [6.45, 7) is 3.83. The van der Waals surface area contributed by atoms with E-state index in [4.69, 9.17) is 18.5 Å². The maximum Gasteiger partial charge on any atom is 0.306 e. The van der Waals surface area contributed by atoms with E-state index in [2.05, 4.69) is 74.6 Å². The molecule has 3 atom stereocenters. The van der Waals surface area contributed by atoms with Gasteiger partial charge < -0.3 is 33.0 Å². The third kappa shape index (κ3) is 46.9. The number of allylic oxidation sites excluding steroid dienone is 13. The normalized spacial score (nSPS) is 14.7. The molecule has 11 heteroatoms. The Morgan fingerprint density at radius 2 is 1.11 bits per heavy atom. The van der Waals surface area contributed by atoms with E-state index >= 15 is 0 Å². The van der Waals surface area contributed by atoms with Gasteiger partial charge in [0.15, 0.2) is 6.10 Å². The van der Waals surface area contributed by atoms with Crippen LogP contribution in [0, 0.1) is 0 Å². The Bertz CT molecular complexity index is 1360. The molecule has 0 aromatic rings. The zero-order valence-electron chi connectivity index (χ0n) is 40.4. The second-order valence-electron chi connectivity index (χ2n) is 17.3. The molecule has 0 amide bonds. The highest BCUT2D eigenvalue weighted by atomic mass is 31.2. The fourth-order valence-corrected chi connectivity index (χ4v) is 6.90. The Morgan fingerprint density at radius 1 is 0.603 bits per heavy atom. The number of carbonyl (C=O) groups is 2. The summed E-state index contributed by atoms with van der Waals surface area (Å²) in [5, 5.41) is 10.3. The largest absolute Gasteiger partial charge is 0.756 e. The summed E-state index contributed by atoms with van der Waals surface area (Å²) in [5.74, 6) is -1.12. The first kappa shape index (κ1) is 60.2. The first-order valence-electron chi connectivity index (χ1n) is 24.4. The van der Waals surface area contributed by atoms with Crippen LogP contribution >= 0.6 is 7.82 Å². The Kier molecular flexibility index (Phi) is 41.1. The molecule has 362 valence electrons. The van der Waals surface area contributed by atoms with Gasteiger partial charge in [-0.3, -0.25) is 14.2 Å². The van der Waals surface area contributed by atoms with Crippen molar-refractivity contribution < 1.29 is 47.2 Å². The third-order valence-electron chi connectivity index (χ3n) is 10.0. The number of hydrogen-bond donors (Lipinski definition) is 1. The van der Waals surface area contributed by atoms with Crippen molar-refractivity contribution in [1.29, 1.82) is 0 Å². The predicted molar refractivity (Wildman–Crippen MR) is 260 cm³/mol. The molecule has 0 heterocycles. The van der Waals surface area contributed by atoms with Crippen molar-refractivity contribution in [2.75, 3.05) is 47.5 Å². The molecule has 0 fully saturated rings. The van der Waals surface area contributed by atoms with Crippen molar-refractivity contribution in [2.45, 2.75) is 187 Å². The number of quaternary nitrogens is 1. The lowest BCUT2D eigenvalue weighted by Crippen LogP contribution is -2.37. The number of esters is 2. The number of carbonyl (C=O) groups excluding carboxylic acids is 2. The molecule has 0 aliphatic heterocycles. The summed E-state index contributed by atoms with van der Waals surface area (Å²) in [6.07, 6.45) is 52.3. The van der Waals surface area contributed by atoms with Crippen LogP contribution in [0.5, 0.6) is 0 Å². The SMILES string of the molecule is CC/C=C\C/C=C\C/C=C\C/C=C\C/C=C\C=C/C(O)CCC(=O)OC[C@H](COP(=O)([O-])OCC[N+](C)(C)C)OC(=O)CCCCCCCCCCC/C=C\CCCCCCCC. The molecule has 0 aromatic heterocycles. The van der Waals surface area contributed by atoms with E-state index in [9.17, 15) is 24.2 Å². The van der Waals surface area contributed by atoms with Crippen molar-refractivity contribution >= 4 is 19.8 Å². The summed E-state index contributed by atoms with van der Waals surface area (Å²) < 4.78 is 33.8. The van der Waals surface area contributed by atoms with Gasteiger partial charge >= 0.3 is 11.9 Å². The summed E-state index contributed by atoms with van der Waals surface area (Å²) in [4.78, 5) is 37.7. The van der Waals surface area contributed by atoms with Crippen LogP contribution < -0.4 is 4.89 Å². The highest BCUT2D eigenvalue weighted by molar-refractivity contribution is 7.45. The van der Waals surface area contributed by atoms with Crippen LogP contribution in [0.25, 0.3) is 0 Å². The minimum atomic E-state index is -4.69. The fourth-order valence-electron chi connectivity index (χ4n) is 6.17. The molecule has 1 N–H and O–H groups in total. The van der Waals surface area contributed by atoms with Gasteiger partial charge in [-0.2, -0.15) is 0 Å². The van der Waals surface area contributed by atoms with Gasteiger partial charge in [-0.25, -0.2) is 0 Å². The van der Waals surface area contributed by atoms with Crippen LogP contribution in [-0.2, 0) is 32.7 Å². The lowest BCUT2D eigenvalue weighted by molar-refractivity contribution is -0.870. The average Bonchev–Trinajstić information content (AvgIpc) is 3.24. The maximum atomic E-state index is 12.7. The van der Waals surface area contributed by atoms with Crippen LogP contribution in [0.15, 0.2) is 85.1 Å². The molecule has 0 aromatic carbocycles. The van der Waals surface area contributed by atoms with Crippen LogP contribution in [0.4, 0.5) is 0 Å². The molecule has 0 aliphatic rings. The second kappa shape index (κ2) is 43.1. The Labute approximate surface area is 384 Å². The number of rotatable bonds is 43. The quantitative estimate of drug-likeness (QED) is 0.0159. The lowest BCUT2D eigenvalue weighted by atomic mass is 10.1. The number of phosphoric ester groups is 1. The Balaban J connectivity index is 4.52. The van der Waals surface area contributed by atoms with Crippen molar-refractivity contribution in [3.05, 3.63) is 85.1 Å². The molecule has 63 heavy (non-hydrogen) atoms. The average molecular weight is 904 g/mol. The van der Waals surface area contributed by atoms with Crippen molar-refractivity contribution in [2.24, 2.45) is 0 Å². The minimum Gasteiger partial charge on any atom is -0.756 e. The smallest absolute Gasteiger partial charge is 0.306 e. The van der Waals surface area contributed by atoms with Gasteiger partial charge in [0, 0.05) is 12.8 Å². The number of unbranched alkanes of at least 4 members (excludes halogenated alkanes) is 15.